The van der Waals surface area contributed by atoms with Crippen molar-refractivity contribution in [3.05, 3.63) is 36.0 Å². The van der Waals surface area contributed by atoms with E-state index < -0.39 is 5.97 Å². The number of piperidine rings is 1. The molecule has 0 atom stereocenters. The van der Waals surface area contributed by atoms with Gasteiger partial charge < -0.3 is 24.0 Å². The molecule has 6 nitrogen and oxygen atoms in total. The summed E-state index contributed by atoms with van der Waals surface area (Å²) in [7, 11) is 1.68. The van der Waals surface area contributed by atoms with E-state index in [9.17, 15) is 4.79 Å². The number of carbonyl (C=O) groups is 1. The lowest BCUT2D eigenvalue weighted by Crippen LogP contribution is -2.34. The minimum Gasteiger partial charge on any atom is -0.481 e. The zero-order valence-corrected chi connectivity index (χ0v) is 16.1. The van der Waals surface area contributed by atoms with Crippen LogP contribution in [0.5, 0.6) is 0 Å². The molecule has 1 N–H and O–H groups in total. The number of nitrogens with zero attached hydrogens (tertiary/aromatic N) is 2. The molecule has 0 bridgehead atoms. The molecule has 27 heavy (non-hydrogen) atoms. The summed E-state index contributed by atoms with van der Waals surface area (Å²) in [5.74, 6) is -0.181. The molecule has 0 spiro atoms. The summed E-state index contributed by atoms with van der Waals surface area (Å²) >= 11 is 0. The molecular formula is C21H30N2O4. The molecule has 6 heteroatoms. The number of rotatable bonds is 10. The van der Waals surface area contributed by atoms with Crippen LogP contribution in [-0.4, -0.2) is 67.1 Å². The SMILES string of the molecule is COCCOCCn1cc(C2CCN(CCC(=O)O)CC2)c2ccccc21. The molecule has 1 aromatic heterocycles. The van der Waals surface area contributed by atoms with Gasteiger partial charge in [0.15, 0.2) is 0 Å². The summed E-state index contributed by atoms with van der Waals surface area (Å²) in [6.07, 6.45) is 4.69. The Balaban J connectivity index is 1.64. The van der Waals surface area contributed by atoms with Crippen molar-refractivity contribution in [1.82, 2.24) is 9.47 Å². The number of aromatic nitrogens is 1. The maximum absolute atomic E-state index is 10.8. The number of para-hydroxylation sites is 1. The maximum atomic E-state index is 10.8. The molecule has 2 heterocycles. The van der Waals surface area contributed by atoms with E-state index in [0.29, 0.717) is 32.3 Å². The highest BCUT2D eigenvalue weighted by molar-refractivity contribution is 5.84. The average molecular weight is 374 g/mol. The lowest BCUT2D eigenvalue weighted by molar-refractivity contribution is -0.137. The quantitative estimate of drug-likeness (QED) is 0.648. The Morgan fingerprint density at radius 3 is 2.67 bits per heavy atom. The fourth-order valence-corrected chi connectivity index (χ4v) is 3.91. The van der Waals surface area contributed by atoms with E-state index in [1.54, 1.807) is 7.11 Å². The lowest BCUT2D eigenvalue weighted by Gasteiger charge is -2.31. The second kappa shape index (κ2) is 9.88. The number of aliphatic carboxylic acids is 1. The van der Waals surface area contributed by atoms with Crippen LogP contribution in [0.4, 0.5) is 0 Å². The fraction of sp³-hybridized carbons (Fsp3) is 0.571. The summed E-state index contributed by atoms with van der Waals surface area (Å²) in [6, 6.07) is 8.58. The zero-order valence-electron chi connectivity index (χ0n) is 16.1. The second-order valence-electron chi connectivity index (χ2n) is 7.16. The summed E-state index contributed by atoms with van der Waals surface area (Å²) in [4.78, 5) is 13.0. The first-order chi connectivity index (χ1) is 13.2. The second-order valence-corrected chi connectivity index (χ2v) is 7.16. The summed E-state index contributed by atoms with van der Waals surface area (Å²) in [5.41, 5.74) is 2.68. The molecule has 0 radical (unpaired) electrons. The minimum absolute atomic E-state index is 0.229. The number of methoxy groups -OCH3 is 1. The van der Waals surface area contributed by atoms with Crippen LogP contribution >= 0.6 is 0 Å². The first kappa shape index (κ1) is 19.9. The molecule has 1 aliphatic rings. The van der Waals surface area contributed by atoms with Gasteiger partial charge in [-0.25, -0.2) is 0 Å². The maximum Gasteiger partial charge on any atom is 0.304 e. The average Bonchev–Trinajstić information content (AvgIpc) is 3.05. The van der Waals surface area contributed by atoms with E-state index in [4.69, 9.17) is 14.6 Å². The third kappa shape index (κ3) is 5.31. The van der Waals surface area contributed by atoms with Crippen LogP contribution in [0.3, 0.4) is 0 Å². The highest BCUT2D eigenvalue weighted by Crippen LogP contribution is 2.34. The zero-order chi connectivity index (χ0) is 19.1. The van der Waals surface area contributed by atoms with Crippen LogP contribution < -0.4 is 0 Å². The van der Waals surface area contributed by atoms with Gasteiger partial charge in [-0.05, 0) is 43.5 Å². The van der Waals surface area contributed by atoms with Crippen LogP contribution in [-0.2, 0) is 20.8 Å². The van der Waals surface area contributed by atoms with Gasteiger partial charge in [-0.3, -0.25) is 4.79 Å². The van der Waals surface area contributed by atoms with Gasteiger partial charge in [-0.15, -0.1) is 0 Å². The molecular weight excluding hydrogens is 344 g/mol. The van der Waals surface area contributed by atoms with Gasteiger partial charge >= 0.3 is 5.97 Å². The molecule has 0 saturated carbocycles. The van der Waals surface area contributed by atoms with Gasteiger partial charge in [0.1, 0.15) is 0 Å². The van der Waals surface area contributed by atoms with Crippen molar-refractivity contribution < 1.29 is 19.4 Å². The van der Waals surface area contributed by atoms with E-state index in [1.165, 1.54) is 16.5 Å². The van der Waals surface area contributed by atoms with Crippen LogP contribution in [0.1, 0.15) is 30.7 Å². The Morgan fingerprint density at radius 1 is 1.15 bits per heavy atom. The standard InChI is InChI=1S/C21H30N2O4/c1-26-14-15-27-13-12-23-16-19(18-4-2-3-5-20(18)23)17-6-9-22(10-7-17)11-8-21(24)25/h2-5,16-17H,6-15H2,1H3,(H,24,25). The predicted octanol–water partition coefficient (Wildman–Crippen LogP) is 2.96. The van der Waals surface area contributed by atoms with E-state index in [2.05, 4.69) is 39.9 Å². The van der Waals surface area contributed by atoms with Crippen LogP contribution in [0, 0.1) is 0 Å². The number of hydrogen-bond acceptors (Lipinski definition) is 4. The van der Waals surface area contributed by atoms with Crippen LogP contribution in [0.2, 0.25) is 0 Å². The van der Waals surface area contributed by atoms with Gasteiger partial charge in [-0.2, -0.15) is 0 Å². The van der Waals surface area contributed by atoms with Gasteiger partial charge in [0.25, 0.3) is 0 Å². The van der Waals surface area contributed by atoms with Gasteiger partial charge in [0, 0.05) is 37.3 Å². The Labute approximate surface area is 160 Å². The monoisotopic (exact) mass is 374 g/mol. The Kier molecular flexibility index (Phi) is 7.26. The molecule has 0 amide bonds. The minimum atomic E-state index is -0.715. The number of likely N-dealkylation sites (tertiary alicyclic amines) is 1. The highest BCUT2D eigenvalue weighted by atomic mass is 16.5. The van der Waals surface area contributed by atoms with Crippen molar-refractivity contribution >= 4 is 16.9 Å². The van der Waals surface area contributed by atoms with Gasteiger partial charge in [0.2, 0.25) is 0 Å². The Hall–Kier alpha value is -1.89. The molecule has 1 fully saturated rings. The van der Waals surface area contributed by atoms with Crippen molar-refractivity contribution in [3.63, 3.8) is 0 Å². The summed E-state index contributed by atoms with van der Waals surface area (Å²) in [5, 5.41) is 10.2. The highest BCUT2D eigenvalue weighted by Gasteiger charge is 2.23. The molecule has 2 aromatic rings. The molecule has 0 aliphatic carbocycles. The first-order valence-corrected chi connectivity index (χ1v) is 9.77. The van der Waals surface area contributed by atoms with E-state index >= 15 is 0 Å². The van der Waals surface area contributed by atoms with Crippen molar-refractivity contribution in [2.24, 2.45) is 0 Å². The largest absolute Gasteiger partial charge is 0.481 e. The number of benzene rings is 1. The predicted molar refractivity (Wildman–Crippen MR) is 105 cm³/mol. The van der Waals surface area contributed by atoms with Crippen LogP contribution in [0.25, 0.3) is 10.9 Å². The van der Waals surface area contributed by atoms with Crippen molar-refractivity contribution in [2.75, 3.05) is 46.6 Å². The van der Waals surface area contributed by atoms with E-state index in [1.807, 2.05) is 0 Å². The number of carboxylic acids is 1. The van der Waals surface area contributed by atoms with Gasteiger partial charge in [-0.1, -0.05) is 18.2 Å². The number of ether oxygens (including phenoxy) is 2. The van der Waals surface area contributed by atoms with Crippen molar-refractivity contribution in [1.29, 1.82) is 0 Å². The van der Waals surface area contributed by atoms with Crippen molar-refractivity contribution in [2.45, 2.75) is 31.7 Å². The number of carboxylic acid groups (broad SMARTS) is 1. The Bertz CT molecular complexity index is 735. The lowest BCUT2D eigenvalue weighted by atomic mass is 9.89. The molecule has 148 valence electrons. The Morgan fingerprint density at radius 2 is 1.93 bits per heavy atom. The number of fused-ring (bicyclic) bond motifs is 1. The summed E-state index contributed by atoms with van der Waals surface area (Å²) in [6.45, 7) is 5.35. The molecule has 3 rings (SSSR count). The van der Waals surface area contributed by atoms with E-state index in [0.717, 1.165) is 32.5 Å². The van der Waals surface area contributed by atoms with Crippen molar-refractivity contribution in [3.8, 4) is 0 Å². The smallest absolute Gasteiger partial charge is 0.304 e. The molecule has 1 aromatic carbocycles. The third-order valence-corrected chi connectivity index (χ3v) is 5.40. The number of hydrogen-bond donors (Lipinski definition) is 1. The van der Waals surface area contributed by atoms with Gasteiger partial charge in [0.05, 0.1) is 26.2 Å². The fourth-order valence-electron chi connectivity index (χ4n) is 3.91. The third-order valence-electron chi connectivity index (χ3n) is 5.40. The molecule has 1 saturated heterocycles. The first-order valence-electron chi connectivity index (χ1n) is 9.77. The van der Waals surface area contributed by atoms with Crippen LogP contribution in [0.15, 0.2) is 30.5 Å². The normalized spacial score (nSPS) is 16.2. The summed E-state index contributed by atoms with van der Waals surface area (Å²) < 4.78 is 13.0. The topological polar surface area (TPSA) is 63.9 Å². The molecule has 0 unspecified atom stereocenters. The molecule has 1 aliphatic heterocycles. The van der Waals surface area contributed by atoms with E-state index in [-0.39, 0.29) is 6.42 Å².